The van der Waals surface area contributed by atoms with Crippen LogP contribution in [-0.2, 0) is 0 Å². The Bertz CT molecular complexity index is 803. The highest BCUT2D eigenvalue weighted by Gasteiger charge is 2.29. The van der Waals surface area contributed by atoms with Gasteiger partial charge in [0.05, 0.1) is 0 Å². The van der Waals surface area contributed by atoms with E-state index >= 15 is 0 Å². The van der Waals surface area contributed by atoms with E-state index in [0.29, 0.717) is 0 Å². The zero-order chi connectivity index (χ0) is 18.8. The summed E-state index contributed by atoms with van der Waals surface area (Å²) < 4.78 is 66.8. The van der Waals surface area contributed by atoms with Gasteiger partial charge in [0.25, 0.3) is 5.91 Å². The molecular formula is C18H15F5N2O. The van der Waals surface area contributed by atoms with Crippen LogP contribution in [0.4, 0.5) is 33.3 Å². The van der Waals surface area contributed by atoms with Crippen molar-refractivity contribution in [3.8, 4) is 0 Å². The number of nitrogens with one attached hydrogen (secondary N) is 1. The van der Waals surface area contributed by atoms with Gasteiger partial charge < -0.3 is 10.2 Å². The molecule has 0 saturated carbocycles. The molecule has 0 bridgehead atoms. The highest BCUT2D eigenvalue weighted by molar-refractivity contribution is 6.04. The standard InChI is InChI=1S/C18H15F5N2O/c19-13-12(14(20)16(22)17(23)15(13)21)18(26)24-10-4-6-11(7-5-10)25-8-2-1-3-9-25/h4-7H,1-3,8-9H2,(H,24,26). The van der Waals surface area contributed by atoms with Crippen LogP contribution in [0.5, 0.6) is 0 Å². The van der Waals surface area contributed by atoms with Gasteiger partial charge in [-0.15, -0.1) is 0 Å². The van der Waals surface area contributed by atoms with Crippen molar-refractivity contribution in [2.45, 2.75) is 19.3 Å². The van der Waals surface area contributed by atoms with Crippen LogP contribution in [0.1, 0.15) is 29.6 Å². The molecule has 1 aliphatic heterocycles. The van der Waals surface area contributed by atoms with Crippen molar-refractivity contribution in [1.82, 2.24) is 0 Å². The molecule has 0 radical (unpaired) electrons. The summed E-state index contributed by atoms with van der Waals surface area (Å²) in [5.74, 6) is -12.4. The van der Waals surface area contributed by atoms with Crippen molar-refractivity contribution >= 4 is 17.3 Å². The monoisotopic (exact) mass is 370 g/mol. The first-order valence-corrected chi connectivity index (χ1v) is 8.08. The Labute approximate surface area is 146 Å². The number of piperidine rings is 1. The molecule has 2 aromatic rings. The molecule has 1 heterocycles. The summed E-state index contributed by atoms with van der Waals surface area (Å²) in [6.45, 7) is 1.83. The number of nitrogens with zero attached hydrogens (tertiary/aromatic N) is 1. The predicted molar refractivity (Wildman–Crippen MR) is 86.7 cm³/mol. The molecule has 2 aromatic carbocycles. The summed E-state index contributed by atoms with van der Waals surface area (Å²) >= 11 is 0. The molecule has 0 spiro atoms. The fourth-order valence-corrected chi connectivity index (χ4v) is 2.91. The van der Waals surface area contributed by atoms with Crippen LogP contribution >= 0.6 is 0 Å². The van der Waals surface area contributed by atoms with Crippen LogP contribution in [0.3, 0.4) is 0 Å². The van der Waals surface area contributed by atoms with Crippen molar-refractivity contribution in [1.29, 1.82) is 0 Å². The van der Waals surface area contributed by atoms with Crippen molar-refractivity contribution in [3.63, 3.8) is 0 Å². The Kier molecular flexibility index (Phi) is 5.11. The van der Waals surface area contributed by atoms with E-state index in [2.05, 4.69) is 10.2 Å². The molecule has 1 N–H and O–H groups in total. The number of hydrogen-bond donors (Lipinski definition) is 1. The molecule has 1 saturated heterocycles. The molecule has 26 heavy (non-hydrogen) atoms. The van der Waals surface area contributed by atoms with Gasteiger partial charge in [0.2, 0.25) is 5.82 Å². The first-order chi connectivity index (χ1) is 12.4. The van der Waals surface area contributed by atoms with Gasteiger partial charge in [-0.1, -0.05) is 0 Å². The number of amides is 1. The molecule has 0 aliphatic carbocycles. The molecular weight excluding hydrogens is 355 g/mol. The minimum absolute atomic E-state index is 0.180. The minimum Gasteiger partial charge on any atom is -0.372 e. The zero-order valence-electron chi connectivity index (χ0n) is 13.6. The lowest BCUT2D eigenvalue weighted by Gasteiger charge is -2.28. The average Bonchev–Trinajstić information content (AvgIpc) is 2.66. The number of rotatable bonds is 3. The van der Waals surface area contributed by atoms with Crippen molar-refractivity contribution in [2.24, 2.45) is 0 Å². The van der Waals surface area contributed by atoms with E-state index in [1.54, 1.807) is 12.1 Å². The lowest BCUT2D eigenvalue weighted by molar-refractivity contribution is 0.101. The van der Waals surface area contributed by atoms with Crippen molar-refractivity contribution in [2.75, 3.05) is 23.3 Å². The van der Waals surface area contributed by atoms with E-state index < -0.39 is 40.6 Å². The number of anilines is 2. The first kappa shape index (κ1) is 18.2. The Morgan fingerprint density at radius 3 is 1.81 bits per heavy atom. The number of benzene rings is 2. The highest BCUT2D eigenvalue weighted by atomic mass is 19.2. The lowest BCUT2D eigenvalue weighted by Crippen LogP contribution is -2.29. The largest absolute Gasteiger partial charge is 0.372 e. The highest BCUT2D eigenvalue weighted by Crippen LogP contribution is 2.25. The van der Waals surface area contributed by atoms with E-state index in [-0.39, 0.29) is 5.69 Å². The van der Waals surface area contributed by atoms with E-state index in [1.165, 1.54) is 18.6 Å². The molecule has 3 rings (SSSR count). The van der Waals surface area contributed by atoms with E-state index in [4.69, 9.17) is 0 Å². The van der Waals surface area contributed by atoms with E-state index in [9.17, 15) is 26.7 Å². The molecule has 3 nitrogen and oxygen atoms in total. The van der Waals surface area contributed by atoms with Crippen LogP contribution in [0.2, 0.25) is 0 Å². The molecule has 0 aromatic heterocycles. The van der Waals surface area contributed by atoms with Crippen LogP contribution in [0.15, 0.2) is 24.3 Å². The van der Waals surface area contributed by atoms with E-state index in [1.807, 2.05) is 0 Å². The van der Waals surface area contributed by atoms with Crippen molar-refractivity contribution < 1.29 is 26.7 Å². The Hall–Kier alpha value is -2.64. The van der Waals surface area contributed by atoms with Gasteiger partial charge in [-0.05, 0) is 43.5 Å². The SMILES string of the molecule is O=C(Nc1ccc(N2CCCCC2)cc1)c1c(F)c(F)c(F)c(F)c1F. The second-order valence-corrected chi connectivity index (χ2v) is 5.99. The maximum absolute atomic E-state index is 13.7. The van der Waals surface area contributed by atoms with Crippen LogP contribution < -0.4 is 10.2 Å². The third kappa shape index (κ3) is 3.36. The van der Waals surface area contributed by atoms with Gasteiger partial charge in [-0.3, -0.25) is 4.79 Å². The summed E-state index contributed by atoms with van der Waals surface area (Å²) in [7, 11) is 0. The van der Waals surface area contributed by atoms with Crippen molar-refractivity contribution in [3.05, 3.63) is 58.9 Å². The topological polar surface area (TPSA) is 32.3 Å². The molecule has 1 fully saturated rings. The van der Waals surface area contributed by atoms with Crippen LogP contribution in [0.25, 0.3) is 0 Å². The van der Waals surface area contributed by atoms with Gasteiger partial charge in [-0.25, -0.2) is 22.0 Å². The third-order valence-corrected chi connectivity index (χ3v) is 4.28. The molecule has 1 amide bonds. The van der Waals surface area contributed by atoms with Crippen LogP contribution in [-0.4, -0.2) is 19.0 Å². The second-order valence-electron chi connectivity index (χ2n) is 5.99. The maximum Gasteiger partial charge on any atom is 0.261 e. The lowest BCUT2D eigenvalue weighted by atomic mass is 10.1. The summed E-state index contributed by atoms with van der Waals surface area (Å²) in [4.78, 5) is 14.2. The fraction of sp³-hybridized carbons (Fsp3) is 0.278. The molecule has 138 valence electrons. The Morgan fingerprint density at radius 1 is 0.769 bits per heavy atom. The van der Waals surface area contributed by atoms with Crippen LogP contribution in [0, 0.1) is 29.1 Å². The summed E-state index contributed by atoms with van der Waals surface area (Å²) in [6, 6.07) is 6.46. The predicted octanol–water partition coefficient (Wildman–Crippen LogP) is 4.62. The second kappa shape index (κ2) is 7.31. The normalized spacial score (nSPS) is 14.4. The number of halogens is 5. The van der Waals surface area contributed by atoms with Gasteiger partial charge in [0, 0.05) is 24.5 Å². The number of carbonyl (C=O) groups is 1. The zero-order valence-corrected chi connectivity index (χ0v) is 13.6. The quantitative estimate of drug-likeness (QED) is 0.486. The van der Waals surface area contributed by atoms with Gasteiger partial charge in [0.15, 0.2) is 23.3 Å². The smallest absolute Gasteiger partial charge is 0.261 e. The molecule has 0 unspecified atom stereocenters. The number of hydrogen-bond acceptors (Lipinski definition) is 2. The van der Waals surface area contributed by atoms with Gasteiger partial charge >= 0.3 is 0 Å². The molecule has 0 atom stereocenters. The third-order valence-electron chi connectivity index (χ3n) is 4.28. The van der Waals surface area contributed by atoms with Gasteiger partial charge in [0.1, 0.15) is 5.56 Å². The summed E-state index contributed by atoms with van der Waals surface area (Å²) in [5.41, 5.74) is -0.403. The van der Waals surface area contributed by atoms with Gasteiger partial charge in [-0.2, -0.15) is 0 Å². The first-order valence-electron chi connectivity index (χ1n) is 8.08. The Balaban J connectivity index is 1.80. The van der Waals surface area contributed by atoms with E-state index in [0.717, 1.165) is 31.6 Å². The summed E-state index contributed by atoms with van der Waals surface area (Å²) in [5, 5.41) is 2.15. The minimum atomic E-state index is -2.30. The average molecular weight is 370 g/mol. The fourth-order valence-electron chi connectivity index (χ4n) is 2.91. The molecule has 1 aliphatic rings. The molecule has 8 heteroatoms. The maximum atomic E-state index is 13.7. The number of carbonyl (C=O) groups excluding carboxylic acids is 1. The Morgan fingerprint density at radius 2 is 1.27 bits per heavy atom. The summed E-state index contributed by atoms with van der Waals surface area (Å²) in [6.07, 6.45) is 3.34.